The fraction of sp³-hybridized carbons (Fsp3) is 0.133. The van der Waals surface area contributed by atoms with Crippen molar-refractivity contribution in [3.63, 3.8) is 0 Å². The molecule has 6 heteroatoms. The summed E-state index contributed by atoms with van der Waals surface area (Å²) in [6, 6.07) is 12.3. The lowest BCUT2D eigenvalue weighted by Crippen LogP contribution is -2.07. The predicted molar refractivity (Wildman–Crippen MR) is 77.6 cm³/mol. The summed E-state index contributed by atoms with van der Waals surface area (Å²) in [6.45, 7) is 0.203. The molecule has 2 aromatic rings. The van der Waals surface area contributed by atoms with Gasteiger partial charge in [0.1, 0.15) is 6.07 Å². The summed E-state index contributed by atoms with van der Waals surface area (Å²) in [5.74, 6) is 0. The first-order chi connectivity index (χ1) is 9.91. The van der Waals surface area contributed by atoms with E-state index in [1.807, 2.05) is 6.07 Å². The van der Waals surface area contributed by atoms with E-state index in [0.29, 0.717) is 21.3 Å². The van der Waals surface area contributed by atoms with Gasteiger partial charge in [-0.1, -0.05) is 18.2 Å². The van der Waals surface area contributed by atoms with Gasteiger partial charge in [0, 0.05) is 11.0 Å². The van der Waals surface area contributed by atoms with Crippen LogP contribution in [0, 0.1) is 11.3 Å². The molecule has 0 aliphatic rings. The molecule has 1 N–H and O–H groups in total. The Morgan fingerprint density at radius 2 is 1.86 bits per heavy atom. The molecule has 21 heavy (non-hydrogen) atoms. The molecule has 0 amide bonds. The number of halogens is 4. The van der Waals surface area contributed by atoms with Gasteiger partial charge < -0.3 is 5.32 Å². The van der Waals surface area contributed by atoms with Gasteiger partial charge in [-0.3, -0.25) is 0 Å². The third-order valence-electron chi connectivity index (χ3n) is 2.86. The summed E-state index contributed by atoms with van der Waals surface area (Å²) in [5, 5.41) is 12.1. The number of hydrogen-bond acceptors (Lipinski definition) is 2. The molecule has 0 fully saturated rings. The van der Waals surface area contributed by atoms with E-state index in [2.05, 4.69) is 21.2 Å². The quantitative estimate of drug-likeness (QED) is 0.846. The van der Waals surface area contributed by atoms with Crippen LogP contribution in [-0.2, 0) is 12.7 Å². The van der Waals surface area contributed by atoms with Gasteiger partial charge in [0.05, 0.1) is 16.8 Å². The normalized spacial score (nSPS) is 11.0. The number of anilines is 1. The zero-order valence-electron chi connectivity index (χ0n) is 10.7. The summed E-state index contributed by atoms with van der Waals surface area (Å²) < 4.78 is 38.5. The van der Waals surface area contributed by atoms with E-state index in [0.717, 1.165) is 12.1 Å². The summed E-state index contributed by atoms with van der Waals surface area (Å²) in [5.41, 5.74) is 0.805. The second-order valence-corrected chi connectivity index (χ2v) is 5.18. The van der Waals surface area contributed by atoms with E-state index >= 15 is 0 Å². The third-order valence-corrected chi connectivity index (χ3v) is 3.52. The fourth-order valence-electron chi connectivity index (χ4n) is 1.84. The Hall–Kier alpha value is -2.00. The molecule has 108 valence electrons. The smallest absolute Gasteiger partial charge is 0.380 e. The lowest BCUT2D eigenvalue weighted by Gasteiger charge is -2.11. The number of hydrogen-bond donors (Lipinski definition) is 1. The lowest BCUT2D eigenvalue weighted by molar-refractivity contribution is -0.137. The zero-order valence-corrected chi connectivity index (χ0v) is 12.3. The number of nitrogens with zero attached hydrogens (tertiary/aromatic N) is 1. The van der Waals surface area contributed by atoms with Crippen molar-refractivity contribution in [3.8, 4) is 6.07 Å². The van der Waals surface area contributed by atoms with E-state index in [1.165, 1.54) is 6.07 Å². The molecule has 0 aliphatic heterocycles. The van der Waals surface area contributed by atoms with E-state index in [1.54, 1.807) is 24.3 Å². The molecule has 0 radical (unpaired) electrons. The molecule has 0 heterocycles. The van der Waals surface area contributed by atoms with Crippen LogP contribution in [0.25, 0.3) is 0 Å². The van der Waals surface area contributed by atoms with Gasteiger partial charge in [0.15, 0.2) is 0 Å². The molecule has 2 nitrogen and oxygen atoms in total. The van der Waals surface area contributed by atoms with Crippen LogP contribution in [0.15, 0.2) is 46.9 Å². The predicted octanol–water partition coefficient (Wildman–Crippen LogP) is 4.95. The van der Waals surface area contributed by atoms with E-state index in [4.69, 9.17) is 5.26 Å². The minimum Gasteiger partial charge on any atom is -0.380 e. The lowest BCUT2D eigenvalue weighted by atomic mass is 10.1. The largest absolute Gasteiger partial charge is 0.416 e. The van der Waals surface area contributed by atoms with Gasteiger partial charge >= 0.3 is 6.18 Å². The Morgan fingerprint density at radius 1 is 1.14 bits per heavy atom. The van der Waals surface area contributed by atoms with Crippen molar-refractivity contribution >= 4 is 21.6 Å². The number of alkyl halides is 3. The summed E-state index contributed by atoms with van der Waals surface area (Å²) in [7, 11) is 0. The number of nitriles is 1. The summed E-state index contributed by atoms with van der Waals surface area (Å²) >= 11 is 3.26. The van der Waals surface area contributed by atoms with Gasteiger partial charge in [0.25, 0.3) is 0 Å². The van der Waals surface area contributed by atoms with Crippen LogP contribution in [0.4, 0.5) is 18.9 Å². The van der Waals surface area contributed by atoms with Crippen molar-refractivity contribution in [2.45, 2.75) is 12.7 Å². The van der Waals surface area contributed by atoms with Crippen LogP contribution in [0.2, 0.25) is 0 Å². The van der Waals surface area contributed by atoms with E-state index < -0.39 is 11.7 Å². The monoisotopic (exact) mass is 354 g/mol. The average Bonchev–Trinajstić information content (AvgIpc) is 2.44. The molecule has 0 bridgehead atoms. The molecular formula is C15H10BrF3N2. The Labute approximate surface area is 128 Å². The van der Waals surface area contributed by atoms with Crippen LogP contribution in [-0.4, -0.2) is 0 Å². The van der Waals surface area contributed by atoms with E-state index in [9.17, 15) is 13.2 Å². The molecule has 2 rings (SSSR count). The second kappa shape index (κ2) is 6.19. The molecule has 0 unspecified atom stereocenters. The van der Waals surface area contributed by atoms with Gasteiger partial charge in [0.2, 0.25) is 0 Å². The maximum Gasteiger partial charge on any atom is 0.416 e. The molecule has 0 atom stereocenters. The zero-order chi connectivity index (χ0) is 15.5. The van der Waals surface area contributed by atoms with Crippen molar-refractivity contribution in [2.24, 2.45) is 0 Å². The molecule has 0 spiro atoms. The Kier molecular flexibility index (Phi) is 4.53. The first-order valence-corrected chi connectivity index (χ1v) is 6.80. The van der Waals surface area contributed by atoms with Crippen molar-refractivity contribution in [3.05, 3.63) is 63.6 Å². The van der Waals surface area contributed by atoms with Gasteiger partial charge in [-0.05, 0) is 45.8 Å². The Balaban J connectivity index is 2.18. The molecule has 0 saturated carbocycles. The van der Waals surface area contributed by atoms with Crippen molar-refractivity contribution < 1.29 is 13.2 Å². The van der Waals surface area contributed by atoms with Crippen molar-refractivity contribution in [1.82, 2.24) is 0 Å². The summed E-state index contributed by atoms with van der Waals surface area (Å²) in [4.78, 5) is 0. The standard InChI is InChI=1S/C15H10BrF3N2/c16-13-5-2-6-14(12(13)8-20)21-9-10-3-1-4-11(7-10)15(17,18)19/h1-7,21H,9H2. The van der Waals surface area contributed by atoms with E-state index in [-0.39, 0.29) is 6.54 Å². The highest BCUT2D eigenvalue weighted by Crippen LogP contribution is 2.30. The maximum atomic E-state index is 12.6. The first kappa shape index (κ1) is 15.4. The molecular weight excluding hydrogens is 345 g/mol. The Morgan fingerprint density at radius 3 is 2.52 bits per heavy atom. The van der Waals surface area contributed by atoms with Gasteiger partial charge in [-0.25, -0.2) is 0 Å². The SMILES string of the molecule is N#Cc1c(Br)cccc1NCc1cccc(C(F)(F)F)c1. The number of benzene rings is 2. The van der Waals surface area contributed by atoms with Crippen LogP contribution in [0.1, 0.15) is 16.7 Å². The van der Waals surface area contributed by atoms with Crippen LogP contribution < -0.4 is 5.32 Å². The van der Waals surface area contributed by atoms with Crippen LogP contribution in [0.5, 0.6) is 0 Å². The average molecular weight is 355 g/mol. The minimum atomic E-state index is -4.36. The highest BCUT2D eigenvalue weighted by Gasteiger charge is 2.30. The highest BCUT2D eigenvalue weighted by atomic mass is 79.9. The summed E-state index contributed by atoms with van der Waals surface area (Å²) in [6.07, 6.45) is -4.36. The molecule has 0 aliphatic carbocycles. The second-order valence-electron chi connectivity index (χ2n) is 4.33. The number of nitrogens with one attached hydrogen (secondary N) is 1. The molecule has 0 aromatic heterocycles. The van der Waals surface area contributed by atoms with Crippen LogP contribution in [0.3, 0.4) is 0 Å². The van der Waals surface area contributed by atoms with Gasteiger partial charge in [-0.15, -0.1) is 0 Å². The number of rotatable bonds is 3. The maximum absolute atomic E-state index is 12.6. The Bertz CT molecular complexity index is 690. The first-order valence-electron chi connectivity index (χ1n) is 6.00. The highest BCUT2D eigenvalue weighted by molar-refractivity contribution is 9.10. The third kappa shape index (κ3) is 3.76. The van der Waals surface area contributed by atoms with Crippen molar-refractivity contribution in [2.75, 3.05) is 5.32 Å². The van der Waals surface area contributed by atoms with Gasteiger partial charge in [-0.2, -0.15) is 18.4 Å². The minimum absolute atomic E-state index is 0.203. The molecule has 0 saturated heterocycles. The molecule has 2 aromatic carbocycles. The topological polar surface area (TPSA) is 35.8 Å². The van der Waals surface area contributed by atoms with Crippen LogP contribution >= 0.6 is 15.9 Å². The fourth-order valence-corrected chi connectivity index (χ4v) is 2.29. The van der Waals surface area contributed by atoms with Crippen molar-refractivity contribution in [1.29, 1.82) is 5.26 Å².